The number of hydrogen-bond donors (Lipinski definition) is 1. The molecule has 8 heteroatoms. The average molecular weight is 332 g/mol. The average Bonchev–Trinajstić information content (AvgIpc) is 2.95. The molecule has 1 N–H and O–H groups in total. The summed E-state index contributed by atoms with van der Waals surface area (Å²) in [5.41, 5.74) is 1.29. The molecule has 1 aliphatic rings. The number of aromatic nitrogens is 2. The third kappa shape index (κ3) is 3.38. The van der Waals surface area contributed by atoms with Crippen LogP contribution >= 0.6 is 11.3 Å². The van der Waals surface area contributed by atoms with Crippen molar-refractivity contribution >= 4 is 28.3 Å². The summed E-state index contributed by atoms with van der Waals surface area (Å²) in [5.74, 6) is -0.970. The summed E-state index contributed by atoms with van der Waals surface area (Å²) in [4.78, 5) is 35.6. The number of carbonyl (C=O) groups is 2. The zero-order valence-corrected chi connectivity index (χ0v) is 13.6. The van der Waals surface area contributed by atoms with Gasteiger partial charge in [0.25, 0.3) is 5.91 Å². The van der Waals surface area contributed by atoms with E-state index in [1.165, 1.54) is 29.4 Å². The lowest BCUT2D eigenvalue weighted by atomic mass is 10.2. The van der Waals surface area contributed by atoms with Gasteiger partial charge < -0.3 is 9.64 Å². The van der Waals surface area contributed by atoms with Gasteiger partial charge in [0.05, 0.1) is 12.8 Å². The van der Waals surface area contributed by atoms with Crippen molar-refractivity contribution in [3.63, 3.8) is 0 Å². The Labute approximate surface area is 137 Å². The molecule has 1 amide bonds. The molecule has 0 aliphatic carbocycles. The van der Waals surface area contributed by atoms with Crippen LogP contribution in [0.4, 0.5) is 5.13 Å². The van der Waals surface area contributed by atoms with E-state index in [0.717, 1.165) is 25.2 Å². The molecule has 1 aliphatic heterocycles. The summed E-state index contributed by atoms with van der Waals surface area (Å²) in [6.07, 6.45) is 0.883. The van der Waals surface area contributed by atoms with Crippen LogP contribution < -0.4 is 5.32 Å². The zero-order chi connectivity index (χ0) is 16.4. The summed E-state index contributed by atoms with van der Waals surface area (Å²) < 4.78 is 4.61. The minimum absolute atomic E-state index is 0.0974. The summed E-state index contributed by atoms with van der Waals surface area (Å²) >= 11 is 1.47. The highest BCUT2D eigenvalue weighted by atomic mass is 32.1. The van der Waals surface area contributed by atoms with Gasteiger partial charge >= 0.3 is 5.97 Å². The molecule has 0 saturated carbocycles. The number of methoxy groups -OCH3 is 1. The Morgan fingerprint density at radius 2 is 2.09 bits per heavy atom. The molecule has 23 heavy (non-hydrogen) atoms. The number of thiazole rings is 1. The quantitative estimate of drug-likeness (QED) is 0.859. The van der Waals surface area contributed by atoms with Crippen molar-refractivity contribution in [2.45, 2.75) is 13.0 Å². The molecule has 0 aromatic carbocycles. The molecule has 2 aromatic rings. The molecule has 3 heterocycles. The molecule has 0 spiro atoms. The topological polar surface area (TPSA) is 84.4 Å². The molecule has 0 bridgehead atoms. The van der Waals surface area contributed by atoms with E-state index in [0.29, 0.717) is 5.13 Å². The van der Waals surface area contributed by atoms with Crippen LogP contribution in [0.25, 0.3) is 0 Å². The van der Waals surface area contributed by atoms with Crippen molar-refractivity contribution in [1.29, 1.82) is 0 Å². The van der Waals surface area contributed by atoms with E-state index in [1.54, 1.807) is 12.1 Å². The van der Waals surface area contributed by atoms with E-state index in [-0.39, 0.29) is 11.4 Å². The van der Waals surface area contributed by atoms with Crippen LogP contribution in [0.2, 0.25) is 0 Å². The van der Waals surface area contributed by atoms with Crippen molar-refractivity contribution in [3.8, 4) is 0 Å². The van der Waals surface area contributed by atoms with Crippen LogP contribution in [0.3, 0.4) is 0 Å². The maximum atomic E-state index is 12.3. The Morgan fingerprint density at radius 3 is 2.87 bits per heavy atom. The SMILES string of the molecule is COC(=O)c1cccc(C(=O)Nc2nc3c(s2)CN(C)CC3)n1. The summed E-state index contributed by atoms with van der Waals surface area (Å²) in [7, 11) is 3.33. The maximum Gasteiger partial charge on any atom is 0.356 e. The number of likely N-dealkylation sites (N-methyl/N-ethyl adjacent to an activating group) is 1. The van der Waals surface area contributed by atoms with E-state index < -0.39 is 11.9 Å². The highest BCUT2D eigenvalue weighted by Gasteiger charge is 2.20. The number of hydrogen-bond acceptors (Lipinski definition) is 7. The lowest BCUT2D eigenvalue weighted by molar-refractivity contribution is 0.0594. The molecule has 0 saturated heterocycles. The van der Waals surface area contributed by atoms with Gasteiger partial charge in [-0.2, -0.15) is 0 Å². The Hall–Kier alpha value is -2.32. The number of ether oxygens (including phenoxy) is 1. The number of nitrogens with zero attached hydrogens (tertiary/aromatic N) is 3. The zero-order valence-electron chi connectivity index (χ0n) is 12.8. The highest BCUT2D eigenvalue weighted by Crippen LogP contribution is 2.27. The van der Waals surface area contributed by atoms with Gasteiger partial charge in [-0.05, 0) is 19.2 Å². The van der Waals surface area contributed by atoms with Crippen LogP contribution in [0, 0.1) is 0 Å². The monoisotopic (exact) mass is 332 g/mol. The van der Waals surface area contributed by atoms with Gasteiger partial charge in [-0.3, -0.25) is 10.1 Å². The fraction of sp³-hybridized carbons (Fsp3) is 0.333. The number of esters is 1. The van der Waals surface area contributed by atoms with Crippen LogP contribution in [0.5, 0.6) is 0 Å². The number of fused-ring (bicyclic) bond motifs is 1. The fourth-order valence-corrected chi connectivity index (χ4v) is 3.40. The first-order valence-electron chi connectivity index (χ1n) is 7.10. The van der Waals surface area contributed by atoms with Crippen molar-refractivity contribution < 1.29 is 14.3 Å². The fourth-order valence-electron chi connectivity index (χ4n) is 2.32. The normalized spacial score (nSPS) is 14.2. The highest BCUT2D eigenvalue weighted by molar-refractivity contribution is 7.15. The molecule has 7 nitrogen and oxygen atoms in total. The Kier molecular flexibility index (Phi) is 4.35. The molecule has 0 unspecified atom stereocenters. The van der Waals surface area contributed by atoms with Crippen LogP contribution in [0.15, 0.2) is 18.2 Å². The third-order valence-electron chi connectivity index (χ3n) is 3.52. The third-order valence-corrected chi connectivity index (χ3v) is 4.52. The smallest absolute Gasteiger partial charge is 0.356 e. The molecular weight excluding hydrogens is 316 g/mol. The van der Waals surface area contributed by atoms with Gasteiger partial charge in [0, 0.05) is 24.4 Å². The van der Waals surface area contributed by atoms with Crippen molar-refractivity contribution in [2.75, 3.05) is 26.0 Å². The standard InChI is InChI=1S/C15H16N4O3S/c1-19-7-6-9-12(8-19)23-15(17-9)18-13(20)10-4-3-5-11(16-10)14(21)22-2/h3-5H,6-8H2,1-2H3,(H,17,18,20). The predicted octanol–water partition coefficient (Wildman–Crippen LogP) is 1.56. The number of anilines is 1. The number of carbonyl (C=O) groups excluding carboxylic acids is 2. The minimum atomic E-state index is -0.576. The second-order valence-electron chi connectivity index (χ2n) is 5.23. The molecule has 2 aromatic heterocycles. The Bertz CT molecular complexity index is 759. The number of amides is 1. The predicted molar refractivity (Wildman–Crippen MR) is 85.7 cm³/mol. The second kappa shape index (κ2) is 6.43. The van der Waals surface area contributed by atoms with Crippen molar-refractivity contribution in [2.24, 2.45) is 0 Å². The van der Waals surface area contributed by atoms with Crippen LogP contribution in [-0.2, 0) is 17.7 Å². The lowest BCUT2D eigenvalue weighted by Gasteiger charge is -2.20. The number of rotatable bonds is 3. The van der Waals surface area contributed by atoms with Crippen LogP contribution in [0.1, 0.15) is 31.5 Å². The van der Waals surface area contributed by atoms with Gasteiger partial charge in [-0.1, -0.05) is 6.07 Å². The van der Waals surface area contributed by atoms with Gasteiger partial charge in [0.15, 0.2) is 5.13 Å². The molecule has 0 fully saturated rings. The largest absolute Gasteiger partial charge is 0.464 e. The van der Waals surface area contributed by atoms with E-state index in [1.807, 2.05) is 0 Å². The molecule has 3 rings (SSSR count). The van der Waals surface area contributed by atoms with Gasteiger partial charge in [0.1, 0.15) is 11.4 Å². The summed E-state index contributed by atoms with van der Waals surface area (Å²) in [5, 5.41) is 3.31. The second-order valence-corrected chi connectivity index (χ2v) is 6.31. The Morgan fingerprint density at radius 1 is 1.30 bits per heavy atom. The molecule has 0 radical (unpaired) electrons. The summed E-state index contributed by atoms with van der Waals surface area (Å²) in [6.45, 7) is 1.81. The summed E-state index contributed by atoms with van der Waals surface area (Å²) in [6, 6.07) is 4.64. The van der Waals surface area contributed by atoms with E-state index in [4.69, 9.17) is 0 Å². The maximum absolute atomic E-state index is 12.3. The molecule has 0 atom stereocenters. The number of pyridine rings is 1. The first-order valence-corrected chi connectivity index (χ1v) is 7.92. The first-order chi connectivity index (χ1) is 11.1. The lowest BCUT2D eigenvalue weighted by Crippen LogP contribution is -2.25. The van der Waals surface area contributed by atoms with Gasteiger partial charge in [-0.25, -0.2) is 14.8 Å². The van der Waals surface area contributed by atoms with Gasteiger partial charge in [-0.15, -0.1) is 11.3 Å². The van der Waals surface area contributed by atoms with E-state index in [9.17, 15) is 9.59 Å². The van der Waals surface area contributed by atoms with E-state index in [2.05, 4.69) is 32.0 Å². The number of nitrogens with one attached hydrogen (secondary N) is 1. The van der Waals surface area contributed by atoms with Crippen LogP contribution in [-0.4, -0.2) is 47.4 Å². The first kappa shape index (κ1) is 15.6. The van der Waals surface area contributed by atoms with Gasteiger partial charge in [0.2, 0.25) is 0 Å². The Balaban J connectivity index is 1.76. The minimum Gasteiger partial charge on any atom is -0.464 e. The molecule has 120 valence electrons. The van der Waals surface area contributed by atoms with E-state index >= 15 is 0 Å². The van der Waals surface area contributed by atoms with Crippen molar-refractivity contribution in [3.05, 3.63) is 40.2 Å². The van der Waals surface area contributed by atoms with Crippen molar-refractivity contribution in [1.82, 2.24) is 14.9 Å². The molecular formula is C15H16N4O3S.